The average molecular weight is 184 g/mol. The Hall–Kier alpha value is -0.410. The molecule has 1 saturated heterocycles. The van der Waals surface area contributed by atoms with Gasteiger partial charge in [-0.15, -0.1) is 0 Å². The molecule has 1 unspecified atom stereocenters. The smallest absolute Gasteiger partial charge is 0.133 e. The highest BCUT2D eigenvalue weighted by Crippen LogP contribution is 2.14. The predicted octanol–water partition coefficient (Wildman–Crippen LogP) is 0.601. The molecule has 1 rings (SSSR count). The summed E-state index contributed by atoms with van der Waals surface area (Å²) in [6, 6.07) is 0.676. The van der Waals surface area contributed by atoms with Gasteiger partial charge in [-0.2, -0.15) is 0 Å². The summed E-state index contributed by atoms with van der Waals surface area (Å²) in [4.78, 5) is 15.0. The molecule has 1 fully saturated rings. The Morgan fingerprint density at radius 1 is 1.46 bits per heavy atom. The van der Waals surface area contributed by atoms with Crippen molar-refractivity contribution in [3.05, 3.63) is 0 Å². The molecule has 3 nitrogen and oxygen atoms in total. The maximum absolute atomic E-state index is 10.3. The van der Waals surface area contributed by atoms with E-state index in [4.69, 9.17) is 0 Å². The lowest BCUT2D eigenvalue weighted by Gasteiger charge is -2.25. The second-order valence-electron chi connectivity index (χ2n) is 3.59. The Balaban J connectivity index is 2.34. The third kappa shape index (κ3) is 2.78. The van der Waals surface area contributed by atoms with Crippen molar-refractivity contribution in [1.82, 2.24) is 9.80 Å². The van der Waals surface area contributed by atoms with Crippen molar-refractivity contribution in [3.8, 4) is 0 Å². The van der Waals surface area contributed by atoms with Crippen molar-refractivity contribution in [2.45, 2.75) is 26.3 Å². The molecule has 0 aliphatic carbocycles. The maximum atomic E-state index is 10.3. The Bertz CT molecular complexity index is 157. The molecule has 3 heteroatoms. The fourth-order valence-corrected chi connectivity index (χ4v) is 2.12. The van der Waals surface area contributed by atoms with Crippen LogP contribution in [0.15, 0.2) is 0 Å². The highest BCUT2D eigenvalue weighted by atomic mass is 16.1. The molecule has 13 heavy (non-hydrogen) atoms. The van der Waals surface area contributed by atoms with Crippen molar-refractivity contribution >= 4 is 6.29 Å². The van der Waals surface area contributed by atoms with Crippen LogP contribution in [0.5, 0.6) is 0 Å². The van der Waals surface area contributed by atoms with Crippen LogP contribution >= 0.6 is 0 Å². The monoisotopic (exact) mass is 184 g/mol. The topological polar surface area (TPSA) is 23.6 Å². The second-order valence-corrected chi connectivity index (χ2v) is 3.59. The lowest BCUT2D eigenvalue weighted by atomic mass is 10.2. The second kappa shape index (κ2) is 5.35. The molecule has 0 spiro atoms. The molecule has 0 bridgehead atoms. The Morgan fingerprint density at radius 2 is 2.15 bits per heavy atom. The molecule has 0 aromatic heterocycles. The summed E-state index contributed by atoms with van der Waals surface area (Å²) in [5.74, 6) is 0. The number of hydrogen-bond acceptors (Lipinski definition) is 3. The van der Waals surface area contributed by atoms with Crippen LogP contribution < -0.4 is 0 Å². The largest absolute Gasteiger partial charge is 0.302 e. The molecule has 76 valence electrons. The van der Waals surface area contributed by atoms with Crippen molar-refractivity contribution in [3.63, 3.8) is 0 Å². The summed E-state index contributed by atoms with van der Waals surface area (Å²) in [6.45, 7) is 9.40. The molecule has 0 saturated carbocycles. The molecule has 0 radical (unpaired) electrons. The van der Waals surface area contributed by atoms with Crippen LogP contribution in [0.25, 0.3) is 0 Å². The third-order valence-electron chi connectivity index (χ3n) is 2.91. The first-order valence-electron chi connectivity index (χ1n) is 5.21. The number of likely N-dealkylation sites (tertiary alicyclic amines) is 1. The molecular weight excluding hydrogens is 164 g/mol. The number of likely N-dealkylation sites (N-methyl/N-ethyl adjacent to an activating group) is 1. The molecule has 1 heterocycles. The van der Waals surface area contributed by atoms with Gasteiger partial charge >= 0.3 is 0 Å². The summed E-state index contributed by atoms with van der Waals surface area (Å²) in [6.07, 6.45) is 2.22. The number of nitrogens with zero attached hydrogens (tertiary/aromatic N) is 2. The van der Waals surface area contributed by atoms with Gasteiger partial charge in [0, 0.05) is 19.1 Å². The van der Waals surface area contributed by atoms with Crippen LogP contribution in [0, 0.1) is 0 Å². The van der Waals surface area contributed by atoms with Crippen LogP contribution in [0.3, 0.4) is 0 Å². The zero-order chi connectivity index (χ0) is 9.68. The van der Waals surface area contributed by atoms with Crippen molar-refractivity contribution in [2.75, 3.05) is 32.7 Å². The average Bonchev–Trinajstić information content (AvgIpc) is 2.56. The molecule has 0 aromatic rings. The summed E-state index contributed by atoms with van der Waals surface area (Å²) < 4.78 is 0. The third-order valence-corrected chi connectivity index (χ3v) is 2.91. The van der Waals surface area contributed by atoms with Crippen LogP contribution in [0.4, 0.5) is 0 Å². The summed E-state index contributed by atoms with van der Waals surface area (Å²) in [7, 11) is 0. The molecular formula is C10H20N2O. The first kappa shape index (κ1) is 10.7. The first-order chi connectivity index (χ1) is 6.31. The van der Waals surface area contributed by atoms with Gasteiger partial charge in [-0.05, 0) is 19.5 Å². The number of carbonyl (C=O) groups is 1. The Morgan fingerprint density at radius 3 is 2.69 bits per heavy atom. The van der Waals surface area contributed by atoms with Gasteiger partial charge in [0.15, 0.2) is 0 Å². The normalized spacial score (nSPS) is 24.1. The van der Waals surface area contributed by atoms with Gasteiger partial charge in [-0.1, -0.05) is 13.8 Å². The van der Waals surface area contributed by atoms with Crippen LogP contribution in [-0.2, 0) is 4.79 Å². The van der Waals surface area contributed by atoms with Crippen LogP contribution in [-0.4, -0.2) is 54.9 Å². The van der Waals surface area contributed by atoms with E-state index < -0.39 is 0 Å². The minimum atomic E-state index is 0.609. The van der Waals surface area contributed by atoms with E-state index in [1.165, 1.54) is 6.42 Å². The van der Waals surface area contributed by atoms with Gasteiger partial charge in [0.05, 0.1) is 6.54 Å². The molecule has 1 aliphatic rings. The molecule has 0 N–H and O–H groups in total. The number of rotatable bonds is 5. The van der Waals surface area contributed by atoms with E-state index in [-0.39, 0.29) is 0 Å². The fraction of sp³-hybridized carbons (Fsp3) is 0.900. The van der Waals surface area contributed by atoms with Crippen LogP contribution in [0.1, 0.15) is 20.3 Å². The number of hydrogen-bond donors (Lipinski definition) is 0. The number of carbonyl (C=O) groups excluding carboxylic acids is 1. The van der Waals surface area contributed by atoms with Crippen molar-refractivity contribution in [1.29, 1.82) is 0 Å². The van der Waals surface area contributed by atoms with E-state index in [1.54, 1.807) is 0 Å². The lowest BCUT2D eigenvalue weighted by molar-refractivity contribution is -0.108. The lowest BCUT2D eigenvalue weighted by Crippen LogP contribution is -2.37. The minimum Gasteiger partial charge on any atom is -0.302 e. The summed E-state index contributed by atoms with van der Waals surface area (Å²) >= 11 is 0. The highest BCUT2D eigenvalue weighted by molar-refractivity contribution is 5.52. The van der Waals surface area contributed by atoms with E-state index in [0.29, 0.717) is 12.6 Å². The predicted molar refractivity (Wildman–Crippen MR) is 53.8 cm³/mol. The maximum Gasteiger partial charge on any atom is 0.133 e. The van der Waals surface area contributed by atoms with Crippen LogP contribution in [0.2, 0.25) is 0 Å². The first-order valence-corrected chi connectivity index (χ1v) is 5.21. The van der Waals surface area contributed by atoms with Gasteiger partial charge in [-0.25, -0.2) is 0 Å². The standard InChI is InChI=1S/C10H20N2O/c1-3-12(4-2)10-5-6-11(9-10)7-8-13/h8,10H,3-7,9H2,1-2H3. The van der Waals surface area contributed by atoms with Gasteiger partial charge in [-0.3, -0.25) is 9.80 Å². The Kier molecular flexibility index (Phi) is 4.39. The summed E-state index contributed by atoms with van der Waals surface area (Å²) in [5.41, 5.74) is 0. The fourth-order valence-electron chi connectivity index (χ4n) is 2.12. The minimum absolute atomic E-state index is 0.609. The zero-order valence-corrected chi connectivity index (χ0v) is 8.70. The molecule has 0 aromatic carbocycles. The van der Waals surface area contributed by atoms with E-state index >= 15 is 0 Å². The molecule has 0 amide bonds. The van der Waals surface area contributed by atoms with Gasteiger partial charge in [0.2, 0.25) is 0 Å². The molecule has 1 atom stereocenters. The zero-order valence-electron chi connectivity index (χ0n) is 8.70. The van der Waals surface area contributed by atoms with E-state index in [0.717, 1.165) is 32.5 Å². The van der Waals surface area contributed by atoms with E-state index in [1.807, 2.05) is 0 Å². The SMILES string of the molecule is CCN(CC)C1CCN(CC=O)C1. The van der Waals surface area contributed by atoms with Crippen molar-refractivity contribution in [2.24, 2.45) is 0 Å². The van der Waals surface area contributed by atoms with Gasteiger partial charge in [0.25, 0.3) is 0 Å². The highest BCUT2D eigenvalue weighted by Gasteiger charge is 2.25. The number of aldehydes is 1. The van der Waals surface area contributed by atoms with E-state index in [2.05, 4.69) is 23.6 Å². The summed E-state index contributed by atoms with van der Waals surface area (Å²) in [5, 5.41) is 0. The molecule has 1 aliphatic heterocycles. The van der Waals surface area contributed by atoms with Gasteiger partial charge < -0.3 is 4.79 Å². The van der Waals surface area contributed by atoms with Crippen molar-refractivity contribution < 1.29 is 4.79 Å². The Labute approximate surface area is 80.7 Å². The quantitative estimate of drug-likeness (QED) is 0.585. The van der Waals surface area contributed by atoms with Gasteiger partial charge in [0.1, 0.15) is 6.29 Å². The van der Waals surface area contributed by atoms with E-state index in [9.17, 15) is 4.79 Å².